The van der Waals surface area contributed by atoms with Crippen molar-refractivity contribution in [1.29, 1.82) is 0 Å². The van der Waals surface area contributed by atoms with E-state index in [1.54, 1.807) is 0 Å². The van der Waals surface area contributed by atoms with Gasteiger partial charge in [0.15, 0.2) is 5.75 Å². The third-order valence-electron chi connectivity index (χ3n) is 9.78. The molecule has 2 N–H and O–H groups in total. The number of rotatable bonds is 34. The van der Waals surface area contributed by atoms with Crippen molar-refractivity contribution in [2.45, 2.75) is 220 Å². The lowest BCUT2D eigenvalue weighted by atomic mass is 9.85. The lowest BCUT2D eigenvalue weighted by Gasteiger charge is -2.23. The number of benzene rings is 1. The molecule has 0 radical (unpaired) electrons. The monoisotopic (exact) mass is 661 g/mol. The lowest BCUT2D eigenvalue weighted by Crippen LogP contribution is -2.14. The van der Waals surface area contributed by atoms with E-state index < -0.39 is 5.97 Å². The van der Waals surface area contributed by atoms with Gasteiger partial charge in [0.05, 0.1) is 6.61 Å². The summed E-state index contributed by atoms with van der Waals surface area (Å²) < 4.78 is 0. The van der Waals surface area contributed by atoms with Crippen LogP contribution in [0.2, 0.25) is 0 Å². The molecule has 0 heterocycles. The molecule has 0 saturated heterocycles. The minimum atomic E-state index is -1.07. The van der Waals surface area contributed by atoms with Gasteiger partial charge in [-0.05, 0) is 56.1 Å². The highest BCUT2D eigenvalue weighted by Crippen LogP contribution is 2.42. The second kappa shape index (κ2) is 30.3. The largest absolute Gasteiger partial charge is 0.504 e. The molecule has 5 heteroatoms. The zero-order valence-corrected chi connectivity index (χ0v) is 31.5. The number of hydrogen-bond donors (Lipinski definition) is 2. The number of hydrogen-bond acceptors (Lipinski definition) is 4. The molecule has 5 nitrogen and oxygen atoms in total. The van der Waals surface area contributed by atoms with Crippen molar-refractivity contribution in [3.8, 4) is 11.5 Å². The van der Waals surface area contributed by atoms with Crippen LogP contribution in [0.5, 0.6) is 11.5 Å². The Morgan fingerprint density at radius 1 is 0.468 bits per heavy atom. The van der Waals surface area contributed by atoms with Gasteiger partial charge >= 0.3 is 5.97 Å². The highest BCUT2D eigenvalue weighted by Gasteiger charge is 2.28. The van der Waals surface area contributed by atoms with Gasteiger partial charge in [0.2, 0.25) is 5.75 Å². The molecule has 1 aromatic rings. The third-order valence-corrected chi connectivity index (χ3v) is 9.78. The Bertz CT molecular complexity index is 896. The Morgan fingerprint density at radius 2 is 0.809 bits per heavy atom. The van der Waals surface area contributed by atoms with Gasteiger partial charge in [-0.2, -0.15) is 4.89 Å². The Labute approximate surface area is 290 Å². The minimum absolute atomic E-state index is 0.0374. The van der Waals surface area contributed by atoms with Crippen LogP contribution in [0.25, 0.3) is 0 Å². The molecule has 0 aliphatic carbocycles. The van der Waals surface area contributed by atoms with E-state index in [2.05, 4.69) is 27.7 Å². The van der Waals surface area contributed by atoms with Crippen LogP contribution in [0.1, 0.15) is 228 Å². The fourth-order valence-corrected chi connectivity index (χ4v) is 6.85. The summed E-state index contributed by atoms with van der Waals surface area (Å²) in [5.41, 5.74) is 2.99. The molecular formula is C42H76O5. The van der Waals surface area contributed by atoms with E-state index in [0.717, 1.165) is 80.9 Å². The summed E-state index contributed by atoms with van der Waals surface area (Å²) in [5.74, 6) is -1.04. The average Bonchev–Trinajstić information content (AvgIpc) is 3.06. The molecule has 0 fully saturated rings. The molecule has 1 aromatic carbocycles. The molecule has 0 saturated carbocycles. The first kappa shape index (κ1) is 43.3. The topological polar surface area (TPSA) is 76.0 Å². The van der Waals surface area contributed by atoms with Gasteiger partial charge in [0.25, 0.3) is 0 Å². The number of aromatic carboxylic acids is 1. The number of phenols is 1. The van der Waals surface area contributed by atoms with Crippen LogP contribution >= 0.6 is 0 Å². The number of carbonyl (C=O) groups is 1. The number of carboxylic acids is 1. The number of unbranched alkanes of at least 4 members (excludes halogenated alkanes) is 23. The van der Waals surface area contributed by atoms with Crippen LogP contribution in [0, 0.1) is 0 Å². The molecule has 0 unspecified atom stereocenters. The number of aromatic hydroxyl groups is 1. The SMILES string of the molecule is CCCCCCCCCc1c(CCCCCCCCC)c(OOCCCCCCCC)c(O)c(C(=O)O)c1CCCCCCCCC. The normalized spacial score (nSPS) is 11.4. The van der Waals surface area contributed by atoms with Crippen molar-refractivity contribution < 1.29 is 24.8 Å². The molecule has 0 aromatic heterocycles. The Kier molecular flexibility index (Phi) is 27.9. The average molecular weight is 661 g/mol. The quantitative estimate of drug-likeness (QED) is 0.0437. The number of carboxylic acid groups (broad SMARTS) is 1. The highest BCUT2D eigenvalue weighted by atomic mass is 17.2. The summed E-state index contributed by atoms with van der Waals surface area (Å²) in [6.07, 6.45) is 34.4. The molecule has 47 heavy (non-hydrogen) atoms. The van der Waals surface area contributed by atoms with Crippen molar-refractivity contribution in [2.24, 2.45) is 0 Å². The van der Waals surface area contributed by atoms with Crippen molar-refractivity contribution in [3.05, 3.63) is 22.3 Å². The second-order valence-corrected chi connectivity index (χ2v) is 14.1. The van der Waals surface area contributed by atoms with E-state index in [1.807, 2.05) is 0 Å². The summed E-state index contributed by atoms with van der Waals surface area (Å²) in [4.78, 5) is 24.4. The molecule has 0 spiro atoms. The molecule has 0 amide bonds. The Morgan fingerprint density at radius 3 is 1.21 bits per heavy atom. The lowest BCUT2D eigenvalue weighted by molar-refractivity contribution is -0.208. The zero-order valence-electron chi connectivity index (χ0n) is 31.5. The van der Waals surface area contributed by atoms with Crippen LogP contribution in [0.3, 0.4) is 0 Å². The van der Waals surface area contributed by atoms with Crippen LogP contribution in [0.4, 0.5) is 0 Å². The highest BCUT2D eigenvalue weighted by molar-refractivity contribution is 5.94. The molecule has 274 valence electrons. The molecule has 0 aliphatic rings. The predicted octanol–water partition coefficient (Wildman–Crippen LogP) is 13.6. The van der Waals surface area contributed by atoms with Crippen molar-refractivity contribution >= 4 is 5.97 Å². The minimum Gasteiger partial charge on any atom is -0.504 e. The summed E-state index contributed by atoms with van der Waals surface area (Å²) >= 11 is 0. The van der Waals surface area contributed by atoms with E-state index in [-0.39, 0.29) is 17.1 Å². The van der Waals surface area contributed by atoms with E-state index in [1.165, 1.54) is 122 Å². The second-order valence-electron chi connectivity index (χ2n) is 14.1. The Hall–Kier alpha value is -1.75. The van der Waals surface area contributed by atoms with E-state index in [4.69, 9.17) is 9.78 Å². The van der Waals surface area contributed by atoms with Crippen molar-refractivity contribution in [1.82, 2.24) is 0 Å². The standard InChI is InChI=1S/C42H76O5/c1-5-9-13-17-21-24-28-32-36-37(33-29-25-22-18-14-10-6-2)39(42(44)45)40(43)41(47-46-35-31-27-20-16-12-8-4)38(36)34-30-26-23-19-15-11-7-3/h43H,5-35H2,1-4H3,(H,44,45). The summed E-state index contributed by atoms with van der Waals surface area (Å²) in [7, 11) is 0. The van der Waals surface area contributed by atoms with Gasteiger partial charge < -0.3 is 15.1 Å². The fraction of sp³-hybridized carbons (Fsp3) is 0.833. The van der Waals surface area contributed by atoms with Crippen LogP contribution in [0.15, 0.2) is 0 Å². The van der Waals surface area contributed by atoms with E-state index >= 15 is 0 Å². The maximum atomic E-state index is 12.8. The third kappa shape index (κ3) is 19.7. The van der Waals surface area contributed by atoms with E-state index in [9.17, 15) is 15.0 Å². The first-order valence-electron chi connectivity index (χ1n) is 20.4. The summed E-state index contributed by atoms with van der Waals surface area (Å²) in [5, 5.41) is 22.0. The fourth-order valence-electron chi connectivity index (χ4n) is 6.85. The van der Waals surface area contributed by atoms with E-state index in [0.29, 0.717) is 13.0 Å². The van der Waals surface area contributed by atoms with Crippen LogP contribution in [-0.2, 0) is 24.2 Å². The molecule has 0 bridgehead atoms. The predicted molar refractivity (Wildman–Crippen MR) is 200 cm³/mol. The maximum absolute atomic E-state index is 12.8. The summed E-state index contributed by atoms with van der Waals surface area (Å²) in [6, 6.07) is 0. The van der Waals surface area contributed by atoms with Gasteiger partial charge in [-0.1, -0.05) is 175 Å². The van der Waals surface area contributed by atoms with Gasteiger partial charge in [0, 0.05) is 5.56 Å². The summed E-state index contributed by atoms with van der Waals surface area (Å²) in [6.45, 7) is 9.41. The first-order chi connectivity index (χ1) is 23.0. The molecular weight excluding hydrogens is 584 g/mol. The van der Waals surface area contributed by atoms with Gasteiger partial charge in [-0.3, -0.25) is 0 Å². The van der Waals surface area contributed by atoms with Gasteiger partial charge in [-0.15, -0.1) is 0 Å². The molecule has 0 aliphatic heterocycles. The van der Waals surface area contributed by atoms with Crippen molar-refractivity contribution in [2.75, 3.05) is 6.61 Å². The van der Waals surface area contributed by atoms with Crippen LogP contribution < -0.4 is 4.89 Å². The zero-order chi connectivity index (χ0) is 34.4. The molecule has 1 rings (SSSR count). The van der Waals surface area contributed by atoms with Crippen LogP contribution in [-0.4, -0.2) is 22.8 Å². The Balaban J connectivity index is 3.26. The smallest absolute Gasteiger partial charge is 0.339 e. The maximum Gasteiger partial charge on any atom is 0.339 e. The first-order valence-corrected chi connectivity index (χ1v) is 20.4. The van der Waals surface area contributed by atoms with Gasteiger partial charge in [-0.25, -0.2) is 4.79 Å². The van der Waals surface area contributed by atoms with Gasteiger partial charge in [0.1, 0.15) is 5.56 Å². The molecule has 0 atom stereocenters. The van der Waals surface area contributed by atoms with Crippen molar-refractivity contribution in [3.63, 3.8) is 0 Å².